The molecule has 1 aliphatic carbocycles. The summed E-state index contributed by atoms with van der Waals surface area (Å²) < 4.78 is 39.0. The molecule has 0 saturated heterocycles. The molecular weight excluding hydrogens is 255 g/mol. The van der Waals surface area contributed by atoms with E-state index in [2.05, 4.69) is 17.0 Å². The molecule has 0 unspecified atom stereocenters. The number of halogens is 4. The second-order valence-corrected chi connectivity index (χ2v) is 5.08. The van der Waals surface area contributed by atoms with E-state index in [9.17, 15) is 13.2 Å². The lowest BCUT2D eigenvalue weighted by Crippen LogP contribution is -2.50. The Morgan fingerprint density at radius 2 is 1.94 bits per heavy atom. The fourth-order valence-corrected chi connectivity index (χ4v) is 2.52. The molecule has 1 saturated carbocycles. The molecule has 1 N–H and O–H groups in total. The molecule has 0 aromatic carbocycles. The highest BCUT2D eigenvalue weighted by atomic mass is 35.5. The molecule has 1 fully saturated rings. The third-order valence-corrected chi connectivity index (χ3v) is 3.87. The van der Waals surface area contributed by atoms with Crippen LogP contribution in [0.15, 0.2) is 0 Å². The summed E-state index contributed by atoms with van der Waals surface area (Å²) in [6, 6.07) is 0. The van der Waals surface area contributed by atoms with Gasteiger partial charge in [-0.3, -0.25) is 4.74 Å². The largest absolute Gasteiger partial charge is 0.522 e. The van der Waals surface area contributed by atoms with Crippen LogP contribution in [0, 0.1) is 5.92 Å². The van der Waals surface area contributed by atoms with Crippen LogP contribution in [0.5, 0.6) is 0 Å². The fraction of sp³-hybridized carbons (Fsp3) is 1.00. The Bertz CT molecular complexity index is 227. The molecule has 0 atom stereocenters. The molecule has 1 rings (SSSR count). The predicted molar refractivity (Wildman–Crippen MR) is 61.1 cm³/mol. The van der Waals surface area contributed by atoms with Crippen molar-refractivity contribution in [3.8, 4) is 0 Å². The van der Waals surface area contributed by atoms with Gasteiger partial charge >= 0.3 is 6.36 Å². The van der Waals surface area contributed by atoms with Crippen molar-refractivity contribution in [2.24, 2.45) is 5.92 Å². The Hall–Kier alpha value is -0.0000000000000000555. The average Bonchev–Trinajstić information content (AvgIpc) is 2.26. The van der Waals surface area contributed by atoms with Crippen molar-refractivity contribution in [3.63, 3.8) is 0 Å². The van der Waals surface area contributed by atoms with E-state index in [0.29, 0.717) is 11.8 Å². The molecule has 0 aromatic rings. The topological polar surface area (TPSA) is 21.3 Å². The molecule has 17 heavy (non-hydrogen) atoms. The Morgan fingerprint density at radius 1 is 1.35 bits per heavy atom. The minimum atomic E-state index is -4.54. The first-order chi connectivity index (χ1) is 7.87. The number of hydrogen-bond acceptors (Lipinski definition) is 2. The lowest BCUT2D eigenvalue weighted by atomic mass is 9.78. The summed E-state index contributed by atoms with van der Waals surface area (Å²) in [6.07, 6.45) is -0.566. The van der Waals surface area contributed by atoms with Crippen LogP contribution < -0.4 is 5.32 Å². The molecule has 0 spiro atoms. The number of alkyl halides is 4. The maximum atomic E-state index is 11.8. The lowest BCUT2D eigenvalue weighted by Gasteiger charge is -2.39. The zero-order chi connectivity index (χ0) is 12.9. The highest BCUT2D eigenvalue weighted by molar-refractivity contribution is 6.18. The Kier molecular flexibility index (Phi) is 5.54. The summed E-state index contributed by atoms with van der Waals surface area (Å²) in [4.78, 5) is 0. The van der Waals surface area contributed by atoms with E-state index in [1.807, 2.05) is 0 Å². The van der Waals surface area contributed by atoms with Crippen LogP contribution in [-0.4, -0.2) is 30.9 Å². The predicted octanol–water partition coefficient (Wildman–Crippen LogP) is 3.30. The SMILES string of the molecule is CC1CCC(CCl)(NCCOC(F)(F)F)CC1. The maximum absolute atomic E-state index is 11.8. The molecular formula is C11H19ClF3NO. The van der Waals surface area contributed by atoms with Gasteiger partial charge in [0.2, 0.25) is 0 Å². The Balaban J connectivity index is 2.27. The molecule has 1 aliphatic rings. The summed E-state index contributed by atoms with van der Waals surface area (Å²) in [6.45, 7) is 2.00. The summed E-state index contributed by atoms with van der Waals surface area (Å²) in [5.74, 6) is 1.12. The van der Waals surface area contributed by atoms with Gasteiger partial charge in [-0.05, 0) is 31.6 Å². The smallest absolute Gasteiger partial charge is 0.308 e. The van der Waals surface area contributed by atoms with Gasteiger partial charge in [-0.2, -0.15) is 0 Å². The molecule has 0 amide bonds. The second kappa shape index (κ2) is 6.25. The van der Waals surface area contributed by atoms with E-state index in [-0.39, 0.29) is 18.7 Å². The summed E-state index contributed by atoms with van der Waals surface area (Å²) in [5, 5.41) is 3.12. The van der Waals surface area contributed by atoms with Crippen molar-refractivity contribution >= 4 is 11.6 Å². The van der Waals surface area contributed by atoms with Crippen molar-refractivity contribution in [1.29, 1.82) is 0 Å². The molecule has 0 radical (unpaired) electrons. The van der Waals surface area contributed by atoms with Gasteiger partial charge in [0.25, 0.3) is 0 Å². The van der Waals surface area contributed by atoms with Crippen molar-refractivity contribution in [2.45, 2.75) is 44.5 Å². The molecule has 2 nitrogen and oxygen atoms in total. The average molecular weight is 274 g/mol. The van der Waals surface area contributed by atoms with E-state index in [1.54, 1.807) is 0 Å². The molecule has 0 aliphatic heterocycles. The first-order valence-corrected chi connectivity index (χ1v) is 6.42. The minimum absolute atomic E-state index is 0.181. The summed E-state index contributed by atoms with van der Waals surface area (Å²) in [5.41, 5.74) is -0.205. The molecule has 102 valence electrons. The van der Waals surface area contributed by atoms with E-state index >= 15 is 0 Å². The van der Waals surface area contributed by atoms with Crippen LogP contribution in [0.1, 0.15) is 32.6 Å². The third-order valence-electron chi connectivity index (χ3n) is 3.35. The zero-order valence-electron chi connectivity index (χ0n) is 9.95. The number of hydrogen-bond donors (Lipinski definition) is 1. The number of rotatable bonds is 5. The van der Waals surface area contributed by atoms with Gasteiger partial charge in [0.1, 0.15) is 0 Å². The highest BCUT2D eigenvalue weighted by Gasteiger charge is 2.33. The normalized spacial score (nSPS) is 30.5. The summed E-state index contributed by atoms with van der Waals surface area (Å²) in [7, 11) is 0. The molecule has 0 aromatic heterocycles. The zero-order valence-corrected chi connectivity index (χ0v) is 10.7. The van der Waals surface area contributed by atoms with Crippen molar-refractivity contribution < 1.29 is 17.9 Å². The Morgan fingerprint density at radius 3 is 2.41 bits per heavy atom. The van der Waals surface area contributed by atoms with Gasteiger partial charge < -0.3 is 5.32 Å². The van der Waals surface area contributed by atoms with Gasteiger partial charge in [-0.1, -0.05) is 6.92 Å². The van der Waals surface area contributed by atoms with Crippen molar-refractivity contribution in [3.05, 3.63) is 0 Å². The number of nitrogens with one attached hydrogen (secondary N) is 1. The van der Waals surface area contributed by atoms with E-state index in [1.165, 1.54) is 0 Å². The van der Waals surface area contributed by atoms with Crippen molar-refractivity contribution in [2.75, 3.05) is 19.0 Å². The Labute approximate surface area is 105 Å². The van der Waals surface area contributed by atoms with E-state index < -0.39 is 6.36 Å². The van der Waals surface area contributed by atoms with Crippen LogP contribution in [0.25, 0.3) is 0 Å². The van der Waals surface area contributed by atoms with Crippen molar-refractivity contribution in [1.82, 2.24) is 5.32 Å². The van der Waals surface area contributed by atoms with Gasteiger partial charge in [-0.15, -0.1) is 24.8 Å². The van der Waals surface area contributed by atoms with Gasteiger partial charge in [0.15, 0.2) is 0 Å². The summed E-state index contributed by atoms with van der Waals surface area (Å²) >= 11 is 5.93. The minimum Gasteiger partial charge on any atom is -0.308 e. The van der Waals surface area contributed by atoms with Crippen LogP contribution in [-0.2, 0) is 4.74 Å². The standard InChI is InChI=1S/C11H19ClF3NO/c1-9-2-4-10(8-12,5-3-9)16-6-7-17-11(13,14)15/h9,16H,2-8H2,1H3. The van der Waals surface area contributed by atoms with Crippen LogP contribution >= 0.6 is 11.6 Å². The highest BCUT2D eigenvalue weighted by Crippen LogP contribution is 2.32. The maximum Gasteiger partial charge on any atom is 0.522 e. The quantitative estimate of drug-likeness (QED) is 0.613. The molecule has 6 heteroatoms. The molecule has 0 heterocycles. The van der Waals surface area contributed by atoms with Crippen LogP contribution in [0.3, 0.4) is 0 Å². The van der Waals surface area contributed by atoms with Crippen LogP contribution in [0.4, 0.5) is 13.2 Å². The molecule has 0 bridgehead atoms. The van der Waals surface area contributed by atoms with Crippen LogP contribution in [0.2, 0.25) is 0 Å². The fourth-order valence-electron chi connectivity index (χ4n) is 2.16. The van der Waals surface area contributed by atoms with Gasteiger partial charge in [0.05, 0.1) is 6.61 Å². The van der Waals surface area contributed by atoms with Gasteiger partial charge in [-0.25, -0.2) is 0 Å². The first kappa shape index (κ1) is 15.1. The van der Waals surface area contributed by atoms with Gasteiger partial charge in [0, 0.05) is 18.0 Å². The second-order valence-electron chi connectivity index (χ2n) is 4.82. The number of ether oxygens (including phenoxy) is 1. The van der Waals surface area contributed by atoms with E-state index in [0.717, 1.165) is 25.7 Å². The first-order valence-electron chi connectivity index (χ1n) is 5.89. The van der Waals surface area contributed by atoms with E-state index in [4.69, 9.17) is 11.6 Å². The third kappa shape index (κ3) is 5.44. The monoisotopic (exact) mass is 273 g/mol. The lowest BCUT2D eigenvalue weighted by molar-refractivity contribution is -0.323.